The first kappa shape index (κ1) is 30.3. The van der Waals surface area contributed by atoms with Crippen molar-refractivity contribution in [1.29, 1.82) is 0 Å². The second-order valence-electron chi connectivity index (χ2n) is 15.1. The Morgan fingerprint density at radius 3 is 1.06 bits per heavy atom. The van der Waals surface area contributed by atoms with Gasteiger partial charge in [0.05, 0.1) is 26.4 Å². The minimum Gasteiger partial charge on any atom is -0.508 e. The zero-order valence-electron chi connectivity index (χ0n) is 26.7. The van der Waals surface area contributed by atoms with E-state index in [4.69, 9.17) is 0 Å². The molecule has 0 spiro atoms. The SMILES string of the molecule is OCC12C(c3cccc(O)c3)C3(CO)C4N(Cc5ccccc5)C1C1(CO)C(c5cccc(O)c5)C4(CO)C3N(Cc3ccccc3)C21. The molecule has 4 heterocycles. The van der Waals surface area contributed by atoms with Gasteiger partial charge in [-0.3, -0.25) is 9.80 Å². The summed E-state index contributed by atoms with van der Waals surface area (Å²) in [5.74, 6) is -0.474. The summed E-state index contributed by atoms with van der Waals surface area (Å²) in [5, 5.41) is 69.5. The van der Waals surface area contributed by atoms with Crippen LogP contribution in [0.1, 0.15) is 34.1 Å². The van der Waals surface area contributed by atoms with Crippen molar-refractivity contribution < 1.29 is 30.6 Å². The summed E-state index contributed by atoms with van der Waals surface area (Å²) in [6, 6.07) is 33.4. The summed E-state index contributed by atoms with van der Waals surface area (Å²) >= 11 is 0. The van der Waals surface area contributed by atoms with E-state index < -0.39 is 21.7 Å². The average Bonchev–Trinajstić information content (AvgIpc) is 3.08. The van der Waals surface area contributed by atoms with Gasteiger partial charge in [0.2, 0.25) is 0 Å². The number of hydrogen-bond acceptors (Lipinski definition) is 8. The van der Waals surface area contributed by atoms with Crippen molar-refractivity contribution in [3.05, 3.63) is 131 Å². The van der Waals surface area contributed by atoms with Crippen molar-refractivity contribution in [2.75, 3.05) is 26.4 Å². The number of benzene rings is 4. The van der Waals surface area contributed by atoms with Gasteiger partial charge in [0.25, 0.3) is 0 Å². The van der Waals surface area contributed by atoms with Crippen LogP contribution in [0.2, 0.25) is 0 Å². The molecule has 248 valence electrons. The molecular formula is C40H42N2O6. The Balaban J connectivity index is 1.37. The number of nitrogens with zero attached hydrogens (tertiary/aromatic N) is 2. The molecule has 0 amide bonds. The number of aliphatic hydroxyl groups is 4. The Morgan fingerprint density at radius 2 is 0.771 bits per heavy atom. The number of aromatic hydroxyl groups is 2. The standard InChI is InChI=1S/C40H42N2O6/c43-21-37-31(27-13-7-15-29(47)17-27)38(22-44)34-40(24-46)32(28-14-8-16-30(48)18-28)39(23-45,33(37)41(34)19-25-9-3-1-4-10-25)35(37)42(36(38)40)20-26-11-5-2-6-12-26/h1-18,31-36,43-48H,19-24H2. The fourth-order valence-corrected chi connectivity index (χ4v) is 13.1. The highest BCUT2D eigenvalue weighted by Crippen LogP contribution is 2.91. The van der Waals surface area contributed by atoms with Gasteiger partial charge in [-0.2, -0.15) is 0 Å². The molecule has 6 aliphatic rings. The smallest absolute Gasteiger partial charge is 0.115 e. The van der Waals surface area contributed by atoms with E-state index in [1.54, 1.807) is 24.3 Å². The van der Waals surface area contributed by atoms with Gasteiger partial charge in [-0.15, -0.1) is 0 Å². The van der Waals surface area contributed by atoms with Crippen molar-refractivity contribution >= 4 is 0 Å². The maximum absolute atomic E-state index is 12.0. The van der Waals surface area contributed by atoms with Crippen LogP contribution in [-0.2, 0) is 13.1 Å². The third-order valence-corrected chi connectivity index (χ3v) is 13.5. The zero-order valence-corrected chi connectivity index (χ0v) is 26.7. The zero-order chi connectivity index (χ0) is 33.1. The Hall–Kier alpha value is -3.76. The maximum Gasteiger partial charge on any atom is 0.115 e. The lowest BCUT2D eigenvalue weighted by atomic mass is 9.16. The van der Waals surface area contributed by atoms with Crippen LogP contribution in [0.3, 0.4) is 0 Å². The second kappa shape index (κ2) is 10.4. The Kier molecular flexibility index (Phi) is 6.55. The van der Waals surface area contributed by atoms with E-state index in [0.717, 1.165) is 22.3 Å². The van der Waals surface area contributed by atoms with Crippen molar-refractivity contribution in [2.45, 2.75) is 49.1 Å². The fourth-order valence-electron chi connectivity index (χ4n) is 13.1. The predicted octanol–water partition coefficient (Wildman–Crippen LogP) is 3.43. The summed E-state index contributed by atoms with van der Waals surface area (Å²) in [4.78, 5) is 4.83. The van der Waals surface area contributed by atoms with Crippen molar-refractivity contribution in [1.82, 2.24) is 9.80 Å². The molecule has 2 aliphatic carbocycles. The Bertz CT molecular complexity index is 1650. The normalized spacial score (nSPS) is 38.8. The monoisotopic (exact) mass is 646 g/mol. The molecule has 0 radical (unpaired) electrons. The molecule has 4 aromatic carbocycles. The van der Waals surface area contributed by atoms with Gasteiger partial charge >= 0.3 is 0 Å². The summed E-state index contributed by atoms with van der Waals surface area (Å²) in [5.41, 5.74) is 0.510. The third-order valence-electron chi connectivity index (χ3n) is 13.5. The van der Waals surface area contributed by atoms with Crippen LogP contribution in [0.15, 0.2) is 109 Å². The Morgan fingerprint density at radius 1 is 0.438 bits per heavy atom. The minimum absolute atomic E-state index is 0.124. The van der Waals surface area contributed by atoms with E-state index in [2.05, 4.69) is 34.1 Å². The molecule has 6 fully saturated rings. The summed E-state index contributed by atoms with van der Waals surface area (Å²) in [6.45, 7) is 0.284. The Labute approximate surface area is 280 Å². The number of piperidine rings is 4. The van der Waals surface area contributed by atoms with E-state index in [0.29, 0.717) is 13.1 Å². The highest BCUT2D eigenvalue weighted by atomic mass is 16.3. The number of aliphatic hydroxyl groups excluding tert-OH is 4. The van der Waals surface area contributed by atoms with Gasteiger partial charge in [0.15, 0.2) is 0 Å². The van der Waals surface area contributed by atoms with Gasteiger partial charge in [0.1, 0.15) is 11.5 Å². The molecule has 6 N–H and O–H groups in total. The molecule has 10 rings (SSSR count). The lowest BCUT2D eigenvalue weighted by Gasteiger charge is -2.98. The third kappa shape index (κ3) is 3.27. The van der Waals surface area contributed by atoms with E-state index in [1.807, 2.05) is 60.7 Å². The summed E-state index contributed by atoms with van der Waals surface area (Å²) in [6.07, 6.45) is 0. The summed E-state index contributed by atoms with van der Waals surface area (Å²) < 4.78 is 0. The molecule has 4 aromatic rings. The van der Waals surface area contributed by atoms with Gasteiger partial charge in [0, 0.05) is 70.8 Å². The minimum atomic E-state index is -0.840. The number of hydrogen-bond donors (Lipinski definition) is 6. The first-order chi connectivity index (χ1) is 23.4. The largest absolute Gasteiger partial charge is 0.508 e. The van der Waals surface area contributed by atoms with Crippen LogP contribution in [0.5, 0.6) is 11.5 Å². The molecule has 0 atom stereocenters. The van der Waals surface area contributed by atoms with Crippen molar-refractivity contribution in [2.24, 2.45) is 21.7 Å². The van der Waals surface area contributed by atoms with Crippen LogP contribution < -0.4 is 0 Å². The van der Waals surface area contributed by atoms with Crippen molar-refractivity contribution in [3.8, 4) is 11.5 Å². The van der Waals surface area contributed by atoms with E-state index in [-0.39, 0.29) is 73.9 Å². The fraction of sp³-hybridized carbons (Fsp3) is 0.400. The predicted molar refractivity (Wildman–Crippen MR) is 179 cm³/mol. The second-order valence-corrected chi connectivity index (χ2v) is 15.1. The van der Waals surface area contributed by atoms with Gasteiger partial charge < -0.3 is 30.6 Å². The molecule has 2 saturated carbocycles. The lowest BCUT2D eigenvalue weighted by Crippen LogP contribution is -3.07. The molecule has 48 heavy (non-hydrogen) atoms. The average molecular weight is 647 g/mol. The number of rotatable bonds is 10. The van der Waals surface area contributed by atoms with E-state index in [9.17, 15) is 30.6 Å². The molecular weight excluding hydrogens is 604 g/mol. The van der Waals surface area contributed by atoms with Crippen LogP contribution in [0.25, 0.3) is 0 Å². The van der Waals surface area contributed by atoms with Gasteiger partial charge in [-0.25, -0.2) is 0 Å². The molecule has 8 bridgehead atoms. The lowest BCUT2D eigenvalue weighted by molar-refractivity contribution is -0.493. The highest BCUT2D eigenvalue weighted by molar-refractivity contribution is 5.58. The summed E-state index contributed by atoms with van der Waals surface area (Å²) in [7, 11) is 0. The highest BCUT2D eigenvalue weighted by Gasteiger charge is 2.99. The molecule has 4 aliphatic heterocycles. The van der Waals surface area contributed by atoms with Crippen LogP contribution >= 0.6 is 0 Å². The molecule has 8 heteroatoms. The molecule has 0 aromatic heterocycles. The molecule has 8 nitrogen and oxygen atoms in total. The number of phenolic OH excluding ortho intramolecular Hbond substituents is 2. The van der Waals surface area contributed by atoms with Crippen LogP contribution in [0, 0.1) is 21.7 Å². The van der Waals surface area contributed by atoms with Gasteiger partial charge in [-0.05, 0) is 46.5 Å². The molecule has 4 saturated heterocycles. The van der Waals surface area contributed by atoms with E-state index >= 15 is 0 Å². The van der Waals surface area contributed by atoms with Crippen LogP contribution in [-0.4, -0.2) is 91.0 Å². The first-order valence-corrected chi connectivity index (χ1v) is 17.0. The first-order valence-electron chi connectivity index (χ1n) is 17.0. The van der Waals surface area contributed by atoms with Crippen LogP contribution in [0.4, 0.5) is 0 Å². The van der Waals surface area contributed by atoms with Crippen molar-refractivity contribution in [3.63, 3.8) is 0 Å². The number of phenols is 2. The molecule has 0 unspecified atom stereocenters. The topological polar surface area (TPSA) is 128 Å². The quantitative estimate of drug-likeness (QED) is 0.155. The van der Waals surface area contributed by atoms with Gasteiger partial charge in [-0.1, -0.05) is 84.9 Å². The maximum atomic E-state index is 12.0. The van der Waals surface area contributed by atoms with E-state index in [1.165, 1.54) is 0 Å².